The Morgan fingerprint density at radius 3 is 2.73 bits per heavy atom. The lowest BCUT2D eigenvalue weighted by Crippen LogP contribution is -2.38. The van der Waals surface area contributed by atoms with Crippen LogP contribution >= 0.6 is 0 Å². The van der Waals surface area contributed by atoms with E-state index in [0.717, 1.165) is 57.7 Å². The van der Waals surface area contributed by atoms with Crippen molar-refractivity contribution < 1.29 is 14.3 Å². The lowest BCUT2D eigenvalue weighted by atomic mass is 10.1. The second kappa shape index (κ2) is 9.00. The standard InChI is InChI=1S/C19H28N4O3/c1-14-3-4-15(18(24)21-16-5-6-16)13-17(14)22-19(25)20-7-2-8-23-9-11-26-12-10-23/h3-4,13,16H,2,5-12H2,1H3,(H,21,24)(H2,20,22,25). The maximum atomic E-state index is 12.2. The Balaban J connectivity index is 1.43. The zero-order valence-electron chi connectivity index (χ0n) is 15.3. The average molecular weight is 360 g/mol. The Morgan fingerprint density at radius 2 is 2.00 bits per heavy atom. The zero-order valence-corrected chi connectivity index (χ0v) is 15.3. The van der Waals surface area contributed by atoms with Crippen LogP contribution in [0.4, 0.5) is 10.5 Å². The molecule has 0 unspecified atom stereocenters. The molecule has 0 bridgehead atoms. The van der Waals surface area contributed by atoms with Gasteiger partial charge in [-0.2, -0.15) is 0 Å². The number of nitrogens with one attached hydrogen (secondary N) is 3. The number of amides is 3. The van der Waals surface area contributed by atoms with Crippen LogP contribution in [0.2, 0.25) is 0 Å². The summed E-state index contributed by atoms with van der Waals surface area (Å²) in [6.07, 6.45) is 3.00. The molecule has 7 nitrogen and oxygen atoms in total. The molecule has 1 heterocycles. The van der Waals surface area contributed by atoms with Crippen molar-refractivity contribution in [2.24, 2.45) is 0 Å². The minimum atomic E-state index is -0.241. The topological polar surface area (TPSA) is 82.7 Å². The van der Waals surface area contributed by atoms with E-state index in [0.29, 0.717) is 23.8 Å². The van der Waals surface area contributed by atoms with Crippen molar-refractivity contribution in [1.82, 2.24) is 15.5 Å². The number of rotatable bonds is 7. The van der Waals surface area contributed by atoms with Gasteiger partial charge >= 0.3 is 6.03 Å². The first-order valence-corrected chi connectivity index (χ1v) is 9.38. The molecule has 1 aliphatic heterocycles. The van der Waals surface area contributed by atoms with E-state index >= 15 is 0 Å². The highest BCUT2D eigenvalue weighted by Crippen LogP contribution is 2.21. The van der Waals surface area contributed by atoms with Crippen molar-refractivity contribution in [3.63, 3.8) is 0 Å². The van der Waals surface area contributed by atoms with Gasteiger partial charge in [0.2, 0.25) is 0 Å². The molecule has 3 amide bonds. The summed E-state index contributed by atoms with van der Waals surface area (Å²) < 4.78 is 5.32. The SMILES string of the molecule is Cc1ccc(C(=O)NC2CC2)cc1NC(=O)NCCCN1CCOCC1. The number of urea groups is 1. The molecule has 3 rings (SSSR count). The highest BCUT2D eigenvalue weighted by molar-refractivity contribution is 5.97. The van der Waals surface area contributed by atoms with E-state index in [4.69, 9.17) is 4.74 Å². The Kier molecular flexibility index (Phi) is 6.46. The Hall–Kier alpha value is -2.12. The van der Waals surface area contributed by atoms with Crippen LogP contribution in [0.25, 0.3) is 0 Å². The van der Waals surface area contributed by atoms with Gasteiger partial charge in [0, 0.05) is 36.9 Å². The summed E-state index contributed by atoms with van der Waals surface area (Å²) in [6, 6.07) is 5.46. The van der Waals surface area contributed by atoms with Crippen molar-refractivity contribution in [3.05, 3.63) is 29.3 Å². The fourth-order valence-electron chi connectivity index (χ4n) is 2.89. The summed E-state index contributed by atoms with van der Waals surface area (Å²) in [7, 11) is 0. The Bertz CT molecular complexity index is 640. The smallest absolute Gasteiger partial charge is 0.319 e. The molecule has 1 saturated carbocycles. The summed E-state index contributed by atoms with van der Waals surface area (Å²) in [4.78, 5) is 26.6. The largest absolute Gasteiger partial charge is 0.379 e. The lowest BCUT2D eigenvalue weighted by molar-refractivity contribution is 0.0375. The second-order valence-corrected chi connectivity index (χ2v) is 6.97. The molecular formula is C19H28N4O3. The van der Waals surface area contributed by atoms with Gasteiger partial charge in [0.1, 0.15) is 0 Å². The van der Waals surface area contributed by atoms with E-state index in [1.54, 1.807) is 12.1 Å². The molecule has 7 heteroatoms. The third-order valence-corrected chi connectivity index (χ3v) is 4.70. The van der Waals surface area contributed by atoms with Crippen LogP contribution in [0.1, 0.15) is 35.2 Å². The van der Waals surface area contributed by atoms with Crippen LogP contribution in [0.5, 0.6) is 0 Å². The highest BCUT2D eigenvalue weighted by atomic mass is 16.5. The van der Waals surface area contributed by atoms with Crippen LogP contribution in [0.3, 0.4) is 0 Å². The van der Waals surface area contributed by atoms with Crippen LogP contribution in [-0.2, 0) is 4.74 Å². The number of aryl methyl sites for hydroxylation is 1. The first kappa shape index (κ1) is 18.7. The monoisotopic (exact) mass is 360 g/mol. The number of carbonyl (C=O) groups is 2. The number of ether oxygens (including phenoxy) is 1. The molecule has 0 radical (unpaired) electrons. The van der Waals surface area contributed by atoms with Gasteiger partial charge in [-0.25, -0.2) is 4.79 Å². The fourth-order valence-corrected chi connectivity index (χ4v) is 2.89. The summed E-state index contributed by atoms with van der Waals surface area (Å²) in [5, 5.41) is 8.69. The molecular weight excluding hydrogens is 332 g/mol. The van der Waals surface area contributed by atoms with Crippen molar-refractivity contribution in [2.75, 3.05) is 44.7 Å². The molecule has 26 heavy (non-hydrogen) atoms. The molecule has 0 spiro atoms. The van der Waals surface area contributed by atoms with Gasteiger partial charge in [0.25, 0.3) is 5.91 Å². The van der Waals surface area contributed by atoms with Gasteiger partial charge in [0.05, 0.1) is 13.2 Å². The molecule has 1 aliphatic carbocycles. The highest BCUT2D eigenvalue weighted by Gasteiger charge is 2.24. The first-order valence-electron chi connectivity index (χ1n) is 9.38. The van der Waals surface area contributed by atoms with Gasteiger partial charge in [-0.3, -0.25) is 9.69 Å². The molecule has 2 aliphatic rings. The molecule has 142 valence electrons. The maximum Gasteiger partial charge on any atom is 0.319 e. The number of nitrogens with zero attached hydrogens (tertiary/aromatic N) is 1. The lowest BCUT2D eigenvalue weighted by Gasteiger charge is -2.26. The van der Waals surface area contributed by atoms with Crippen LogP contribution in [0.15, 0.2) is 18.2 Å². The van der Waals surface area contributed by atoms with Crippen molar-refractivity contribution >= 4 is 17.6 Å². The zero-order chi connectivity index (χ0) is 18.4. The molecule has 1 aromatic carbocycles. The van der Waals surface area contributed by atoms with Crippen molar-refractivity contribution in [3.8, 4) is 0 Å². The van der Waals surface area contributed by atoms with Gasteiger partial charge in [0.15, 0.2) is 0 Å². The van der Waals surface area contributed by atoms with Crippen LogP contribution in [0, 0.1) is 6.92 Å². The van der Waals surface area contributed by atoms with Gasteiger partial charge in [-0.15, -0.1) is 0 Å². The Morgan fingerprint density at radius 1 is 1.23 bits per heavy atom. The van der Waals surface area contributed by atoms with E-state index in [-0.39, 0.29) is 11.9 Å². The average Bonchev–Trinajstić information content (AvgIpc) is 3.45. The third kappa shape index (κ3) is 5.71. The number of carbonyl (C=O) groups excluding carboxylic acids is 2. The van der Waals surface area contributed by atoms with Gasteiger partial charge < -0.3 is 20.7 Å². The normalized spacial score (nSPS) is 17.6. The molecule has 2 fully saturated rings. The van der Waals surface area contributed by atoms with Gasteiger partial charge in [-0.1, -0.05) is 6.07 Å². The number of morpholine rings is 1. The summed E-state index contributed by atoms with van der Waals surface area (Å²) in [5.74, 6) is -0.0820. The summed E-state index contributed by atoms with van der Waals surface area (Å²) in [6.45, 7) is 6.98. The molecule has 1 aromatic rings. The predicted octanol–water partition coefficient (Wildman–Crippen LogP) is 1.73. The van der Waals surface area contributed by atoms with E-state index in [1.807, 2.05) is 13.0 Å². The third-order valence-electron chi connectivity index (χ3n) is 4.70. The summed E-state index contributed by atoms with van der Waals surface area (Å²) in [5.41, 5.74) is 2.17. The van der Waals surface area contributed by atoms with Crippen LogP contribution in [-0.4, -0.2) is 62.3 Å². The second-order valence-electron chi connectivity index (χ2n) is 6.97. The number of hydrogen-bond acceptors (Lipinski definition) is 4. The first-order chi connectivity index (χ1) is 12.6. The van der Waals surface area contributed by atoms with E-state index in [2.05, 4.69) is 20.9 Å². The fraction of sp³-hybridized carbons (Fsp3) is 0.579. The minimum absolute atomic E-state index is 0.0820. The number of anilines is 1. The number of benzene rings is 1. The number of hydrogen-bond donors (Lipinski definition) is 3. The van der Waals surface area contributed by atoms with Crippen LogP contribution < -0.4 is 16.0 Å². The van der Waals surface area contributed by atoms with Crippen molar-refractivity contribution in [2.45, 2.75) is 32.2 Å². The quantitative estimate of drug-likeness (QED) is 0.647. The predicted molar refractivity (Wildman–Crippen MR) is 101 cm³/mol. The van der Waals surface area contributed by atoms with Crippen molar-refractivity contribution in [1.29, 1.82) is 0 Å². The molecule has 3 N–H and O–H groups in total. The molecule has 0 atom stereocenters. The Labute approximate surface area is 154 Å². The van der Waals surface area contributed by atoms with E-state index < -0.39 is 0 Å². The maximum absolute atomic E-state index is 12.2. The van der Waals surface area contributed by atoms with E-state index in [1.165, 1.54) is 0 Å². The summed E-state index contributed by atoms with van der Waals surface area (Å²) >= 11 is 0. The van der Waals surface area contributed by atoms with E-state index in [9.17, 15) is 9.59 Å². The van der Waals surface area contributed by atoms with Gasteiger partial charge in [-0.05, 0) is 50.4 Å². The molecule has 1 saturated heterocycles. The molecule has 0 aromatic heterocycles. The minimum Gasteiger partial charge on any atom is -0.379 e.